The topological polar surface area (TPSA) is 149 Å². The van der Waals surface area contributed by atoms with Crippen molar-refractivity contribution in [1.29, 1.82) is 0 Å². The molecule has 0 saturated carbocycles. The van der Waals surface area contributed by atoms with E-state index in [4.69, 9.17) is 4.52 Å². The molecule has 0 saturated heterocycles. The molecule has 0 aliphatic heterocycles. The van der Waals surface area contributed by atoms with E-state index in [-0.39, 0.29) is 11.8 Å². The number of para-hydroxylation sites is 2. The van der Waals surface area contributed by atoms with Crippen LogP contribution in [0.15, 0.2) is 86.0 Å². The first-order valence-corrected chi connectivity index (χ1v) is 10.6. The summed E-state index contributed by atoms with van der Waals surface area (Å²) in [5.74, 6) is 1.84. The highest BCUT2D eigenvalue weighted by Gasteiger charge is 2.09. The van der Waals surface area contributed by atoms with E-state index in [2.05, 4.69) is 34.8 Å². The third-order valence-corrected chi connectivity index (χ3v) is 5.14. The first-order valence-electron chi connectivity index (χ1n) is 10.6. The third-order valence-electron chi connectivity index (χ3n) is 5.14. The molecule has 35 heavy (non-hydrogen) atoms. The number of aromatic nitrogens is 4. The summed E-state index contributed by atoms with van der Waals surface area (Å²) < 4.78 is 9.59. The molecule has 4 aromatic heterocycles. The summed E-state index contributed by atoms with van der Waals surface area (Å²) in [6.07, 6.45) is 4.58. The second kappa shape index (κ2) is 9.40. The minimum Gasteiger partial charge on any atom is -0.494 e. The predicted octanol–water partition coefficient (Wildman–Crippen LogP) is 5.53. The Morgan fingerprint density at radius 1 is 0.771 bits per heavy atom. The number of aromatic hydroxyl groups is 2. The number of aryl methyl sites for hydroxylation is 1. The van der Waals surface area contributed by atoms with Gasteiger partial charge in [-0.3, -0.25) is 0 Å². The minimum absolute atomic E-state index is 0.0958. The molecule has 2 aromatic carbocycles. The number of aromatic amines is 2. The lowest BCUT2D eigenvalue weighted by atomic mass is 10.2. The Balaban J connectivity index is 0.000000145. The number of hydrogen-bond donors (Lipinski definition) is 4. The van der Waals surface area contributed by atoms with Gasteiger partial charge in [0.25, 0.3) is 0 Å². The molecule has 0 radical (unpaired) electrons. The minimum atomic E-state index is 0.0958. The summed E-state index contributed by atoms with van der Waals surface area (Å²) in [6.45, 7) is 1.80. The van der Waals surface area contributed by atoms with Crippen LogP contribution in [0.4, 0.5) is 11.6 Å². The SMILES string of the molecule is Cc1cc(N=Cc2c(O)[nH]c3ccccc23)no1.Oc1[nH]c2ccccc2c1C=Nc1ccon1. The monoisotopic (exact) mass is 468 g/mol. The van der Waals surface area contributed by atoms with E-state index < -0.39 is 0 Å². The highest BCUT2D eigenvalue weighted by atomic mass is 16.5. The van der Waals surface area contributed by atoms with Crippen molar-refractivity contribution in [2.45, 2.75) is 6.92 Å². The molecular formula is C25H20N6O4. The lowest BCUT2D eigenvalue weighted by Gasteiger charge is -1.90. The molecular weight excluding hydrogens is 448 g/mol. The number of nitrogens with one attached hydrogen (secondary N) is 2. The van der Waals surface area contributed by atoms with Crippen molar-refractivity contribution < 1.29 is 19.3 Å². The van der Waals surface area contributed by atoms with Gasteiger partial charge in [0.05, 0.1) is 11.1 Å². The van der Waals surface area contributed by atoms with Crippen LogP contribution in [0.3, 0.4) is 0 Å². The Bertz CT molecular complexity index is 1640. The van der Waals surface area contributed by atoms with Gasteiger partial charge in [-0.2, -0.15) is 0 Å². The maximum atomic E-state index is 9.83. The van der Waals surface area contributed by atoms with Crippen LogP contribution >= 0.6 is 0 Å². The molecule has 4 heterocycles. The second-order valence-corrected chi connectivity index (χ2v) is 7.54. The summed E-state index contributed by atoms with van der Waals surface area (Å²) >= 11 is 0. The fourth-order valence-electron chi connectivity index (χ4n) is 3.51. The molecule has 0 aliphatic carbocycles. The maximum Gasteiger partial charge on any atom is 0.198 e. The van der Waals surface area contributed by atoms with E-state index in [1.165, 1.54) is 6.26 Å². The lowest BCUT2D eigenvalue weighted by Crippen LogP contribution is -1.78. The van der Waals surface area contributed by atoms with Crippen LogP contribution in [0.25, 0.3) is 21.8 Å². The largest absolute Gasteiger partial charge is 0.494 e. The number of aliphatic imine (C=N–C) groups is 2. The normalized spacial score (nSPS) is 11.6. The Kier molecular flexibility index (Phi) is 5.83. The predicted molar refractivity (Wildman–Crippen MR) is 132 cm³/mol. The molecule has 0 fully saturated rings. The fourth-order valence-corrected chi connectivity index (χ4v) is 3.51. The Morgan fingerprint density at radius 3 is 1.86 bits per heavy atom. The van der Waals surface area contributed by atoms with Gasteiger partial charge in [-0.25, -0.2) is 9.98 Å². The van der Waals surface area contributed by atoms with E-state index in [0.29, 0.717) is 28.5 Å². The number of H-pyrrole nitrogens is 2. The molecule has 10 nitrogen and oxygen atoms in total. The summed E-state index contributed by atoms with van der Waals surface area (Å²) in [6, 6.07) is 18.6. The molecule has 0 amide bonds. The Hall–Kier alpha value is -5.12. The van der Waals surface area contributed by atoms with Crippen LogP contribution in [0.2, 0.25) is 0 Å². The first kappa shape index (κ1) is 21.7. The van der Waals surface area contributed by atoms with Crippen LogP contribution in [-0.2, 0) is 0 Å². The number of nitrogens with zero attached hydrogens (tertiary/aromatic N) is 4. The van der Waals surface area contributed by atoms with Gasteiger partial charge in [0, 0.05) is 46.4 Å². The zero-order chi connectivity index (χ0) is 24.2. The van der Waals surface area contributed by atoms with Gasteiger partial charge in [-0.05, 0) is 19.1 Å². The number of fused-ring (bicyclic) bond motifs is 2. The molecule has 4 N–H and O–H groups in total. The number of hydrogen-bond acceptors (Lipinski definition) is 8. The van der Waals surface area contributed by atoms with Crippen molar-refractivity contribution in [3.8, 4) is 11.8 Å². The summed E-state index contributed by atoms with van der Waals surface area (Å²) in [5, 5.41) is 28.9. The highest BCUT2D eigenvalue weighted by Crippen LogP contribution is 2.27. The van der Waals surface area contributed by atoms with Crippen LogP contribution in [0, 0.1) is 6.92 Å². The van der Waals surface area contributed by atoms with Crippen molar-refractivity contribution in [3.05, 3.63) is 83.8 Å². The second-order valence-electron chi connectivity index (χ2n) is 7.54. The van der Waals surface area contributed by atoms with Crippen molar-refractivity contribution in [2.24, 2.45) is 9.98 Å². The average molecular weight is 468 g/mol. The Morgan fingerprint density at radius 2 is 1.34 bits per heavy atom. The Labute approximate surface area is 198 Å². The summed E-state index contributed by atoms with van der Waals surface area (Å²) in [7, 11) is 0. The van der Waals surface area contributed by atoms with Crippen molar-refractivity contribution in [3.63, 3.8) is 0 Å². The van der Waals surface area contributed by atoms with Crippen LogP contribution < -0.4 is 0 Å². The van der Waals surface area contributed by atoms with E-state index in [9.17, 15) is 10.2 Å². The quantitative estimate of drug-likeness (QED) is 0.250. The summed E-state index contributed by atoms with van der Waals surface area (Å²) in [4.78, 5) is 14.0. The highest BCUT2D eigenvalue weighted by molar-refractivity contribution is 6.03. The average Bonchev–Trinajstić information content (AvgIpc) is 3.64. The molecule has 0 unspecified atom stereocenters. The molecule has 0 spiro atoms. The molecule has 0 atom stereocenters. The zero-order valence-electron chi connectivity index (χ0n) is 18.5. The van der Waals surface area contributed by atoms with Gasteiger partial charge >= 0.3 is 0 Å². The summed E-state index contributed by atoms with van der Waals surface area (Å²) in [5.41, 5.74) is 3.02. The van der Waals surface area contributed by atoms with Crippen LogP contribution in [0.1, 0.15) is 16.9 Å². The molecule has 6 aromatic rings. The van der Waals surface area contributed by atoms with E-state index in [1.807, 2.05) is 48.5 Å². The molecule has 0 aliphatic rings. The number of rotatable bonds is 4. The zero-order valence-corrected chi connectivity index (χ0v) is 18.5. The van der Waals surface area contributed by atoms with Gasteiger partial charge in [-0.1, -0.05) is 46.7 Å². The van der Waals surface area contributed by atoms with E-state index >= 15 is 0 Å². The van der Waals surface area contributed by atoms with E-state index in [0.717, 1.165) is 21.8 Å². The molecule has 10 heteroatoms. The smallest absolute Gasteiger partial charge is 0.198 e. The van der Waals surface area contributed by atoms with Crippen molar-refractivity contribution >= 4 is 45.9 Å². The van der Waals surface area contributed by atoms with Crippen LogP contribution in [0.5, 0.6) is 11.8 Å². The van der Waals surface area contributed by atoms with Gasteiger partial charge in [-0.15, -0.1) is 0 Å². The number of benzene rings is 2. The molecule has 0 bridgehead atoms. The first-order chi connectivity index (χ1) is 17.1. The molecule has 6 rings (SSSR count). The van der Waals surface area contributed by atoms with Gasteiger partial charge < -0.3 is 29.2 Å². The van der Waals surface area contributed by atoms with Crippen molar-refractivity contribution in [1.82, 2.24) is 20.3 Å². The van der Waals surface area contributed by atoms with Gasteiger partial charge in [0.15, 0.2) is 23.4 Å². The lowest BCUT2D eigenvalue weighted by molar-refractivity contribution is 0.399. The third kappa shape index (κ3) is 4.67. The molecule has 174 valence electrons. The standard InChI is InChI=1S/C13H11N3O2.C12H9N3O2/c1-8-6-12(16-18-8)14-7-10-9-4-2-3-5-11(9)15-13(10)17;16-12-9(7-13-11-5-6-17-15-11)8-3-1-2-4-10(8)14-12/h2-7,15,17H,1H3;1-7,14,16H. The van der Waals surface area contributed by atoms with Gasteiger partial charge in [0.2, 0.25) is 0 Å². The van der Waals surface area contributed by atoms with Crippen molar-refractivity contribution in [2.75, 3.05) is 0 Å². The van der Waals surface area contributed by atoms with E-state index in [1.54, 1.807) is 31.5 Å². The van der Waals surface area contributed by atoms with Gasteiger partial charge in [0.1, 0.15) is 12.0 Å². The maximum absolute atomic E-state index is 9.83. The van der Waals surface area contributed by atoms with Crippen LogP contribution in [-0.4, -0.2) is 42.9 Å². The fraction of sp³-hybridized carbons (Fsp3) is 0.0400.